The van der Waals surface area contributed by atoms with Crippen LogP contribution in [-0.4, -0.2) is 21.6 Å². The fraction of sp³-hybridized carbons (Fsp3) is 0.333. The maximum absolute atomic E-state index is 9.80. The summed E-state index contributed by atoms with van der Waals surface area (Å²) in [6, 6.07) is 5.67. The molecule has 4 nitrogen and oxygen atoms in total. The molecule has 0 aliphatic carbocycles. The molecule has 2 rings (SSSR count). The third kappa shape index (κ3) is 3.02. The van der Waals surface area contributed by atoms with Gasteiger partial charge in [-0.3, -0.25) is 0 Å². The van der Waals surface area contributed by atoms with Crippen molar-refractivity contribution in [2.75, 3.05) is 11.9 Å². The Morgan fingerprint density at radius 1 is 1.21 bits per heavy atom. The molecule has 0 atom stereocenters. The first-order valence-corrected chi connectivity index (χ1v) is 6.49. The van der Waals surface area contributed by atoms with Gasteiger partial charge in [-0.1, -0.05) is 6.92 Å². The second kappa shape index (κ2) is 5.69. The lowest BCUT2D eigenvalue weighted by atomic mass is 10.1. The van der Waals surface area contributed by atoms with E-state index in [1.165, 1.54) is 0 Å². The number of hydrogen-bond acceptors (Lipinski definition) is 4. The predicted molar refractivity (Wildman–Crippen MR) is 77.4 cm³/mol. The summed E-state index contributed by atoms with van der Waals surface area (Å²) in [7, 11) is 0. The van der Waals surface area contributed by atoms with Gasteiger partial charge in [0.25, 0.3) is 0 Å². The van der Waals surface area contributed by atoms with Crippen molar-refractivity contribution < 1.29 is 5.11 Å². The summed E-state index contributed by atoms with van der Waals surface area (Å²) in [5, 5.41) is 13.0. The fourth-order valence-corrected chi connectivity index (χ4v) is 1.93. The highest BCUT2D eigenvalue weighted by molar-refractivity contribution is 5.62. The zero-order valence-corrected chi connectivity index (χ0v) is 11.6. The summed E-state index contributed by atoms with van der Waals surface area (Å²) in [6.45, 7) is 6.77. The van der Waals surface area contributed by atoms with E-state index in [-0.39, 0.29) is 0 Å². The number of rotatable bonds is 4. The van der Waals surface area contributed by atoms with Crippen LogP contribution in [0.15, 0.2) is 24.4 Å². The van der Waals surface area contributed by atoms with Crippen LogP contribution in [0.4, 0.5) is 5.82 Å². The van der Waals surface area contributed by atoms with Gasteiger partial charge in [0.05, 0.1) is 0 Å². The Morgan fingerprint density at radius 2 is 1.89 bits per heavy atom. The van der Waals surface area contributed by atoms with E-state index in [9.17, 15) is 5.11 Å². The Labute approximate surface area is 113 Å². The third-order valence-corrected chi connectivity index (χ3v) is 2.96. The molecule has 0 spiro atoms. The highest BCUT2D eigenvalue weighted by Crippen LogP contribution is 2.27. The van der Waals surface area contributed by atoms with Crippen molar-refractivity contribution >= 4 is 5.82 Å². The monoisotopic (exact) mass is 257 g/mol. The molecule has 0 aliphatic rings. The number of phenols is 1. The van der Waals surface area contributed by atoms with Crippen LogP contribution in [0.2, 0.25) is 0 Å². The molecule has 100 valence electrons. The van der Waals surface area contributed by atoms with Gasteiger partial charge < -0.3 is 10.4 Å². The number of nitrogens with zero attached hydrogens (tertiary/aromatic N) is 2. The Morgan fingerprint density at radius 3 is 2.53 bits per heavy atom. The standard InChI is InChI=1S/C15H19N3O/c1-4-6-16-13-5-7-17-15(18-13)12-8-10(2)14(19)11(3)9-12/h5,7-9,19H,4,6H2,1-3H3,(H,16,17,18). The third-order valence-electron chi connectivity index (χ3n) is 2.96. The highest BCUT2D eigenvalue weighted by atomic mass is 16.3. The van der Waals surface area contributed by atoms with E-state index in [0.29, 0.717) is 11.6 Å². The lowest BCUT2D eigenvalue weighted by Crippen LogP contribution is -2.03. The normalized spacial score (nSPS) is 10.5. The van der Waals surface area contributed by atoms with Gasteiger partial charge in [0.2, 0.25) is 0 Å². The quantitative estimate of drug-likeness (QED) is 0.882. The summed E-state index contributed by atoms with van der Waals surface area (Å²) in [5.74, 6) is 1.84. The minimum absolute atomic E-state index is 0.337. The minimum atomic E-state index is 0.337. The summed E-state index contributed by atoms with van der Waals surface area (Å²) in [5.41, 5.74) is 2.60. The van der Waals surface area contributed by atoms with E-state index in [1.807, 2.05) is 32.0 Å². The van der Waals surface area contributed by atoms with Crippen LogP contribution in [0, 0.1) is 13.8 Å². The maximum Gasteiger partial charge on any atom is 0.161 e. The molecular formula is C15H19N3O. The van der Waals surface area contributed by atoms with E-state index >= 15 is 0 Å². The second-order valence-electron chi connectivity index (χ2n) is 4.65. The van der Waals surface area contributed by atoms with Gasteiger partial charge in [-0.25, -0.2) is 9.97 Å². The van der Waals surface area contributed by atoms with Crippen molar-refractivity contribution in [1.82, 2.24) is 9.97 Å². The molecule has 2 N–H and O–H groups in total. The molecule has 1 aromatic carbocycles. The molecule has 0 unspecified atom stereocenters. The van der Waals surface area contributed by atoms with Crippen LogP contribution in [0.25, 0.3) is 11.4 Å². The van der Waals surface area contributed by atoms with Crippen LogP contribution >= 0.6 is 0 Å². The largest absolute Gasteiger partial charge is 0.507 e. The van der Waals surface area contributed by atoms with E-state index < -0.39 is 0 Å². The predicted octanol–water partition coefficient (Wildman–Crippen LogP) is 3.29. The molecule has 0 saturated heterocycles. The summed E-state index contributed by atoms with van der Waals surface area (Å²) >= 11 is 0. The Hall–Kier alpha value is -2.10. The number of benzene rings is 1. The van der Waals surface area contributed by atoms with E-state index in [4.69, 9.17) is 0 Å². The van der Waals surface area contributed by atoms with Crippen molar-refractivity contribution in [3.05, 3.63) is 35.5 Å². The molecule has 2 aromatic rings. The van der Waals surface area contributed by atoms with Gasteiger partial charge in [0.1, 0.15) is 11.6 Å². The van der Waals surface area contributed by atoms with Crippen molar-refractivity contribution in [3.8, 4) is 17.1 Å². The molecule has 1 heterocycles. The van der Waals surface area contributed by atoms with Gasteiger partial charge in [-0.05, 0) is 49.6 Å². The average molecular weight is 257 g/mol. The van der Waals surface area contributed by atoms with Crippen LogP contribution < -0.4 is 5.32 Å². The molecule has 1 aromatic heterocycles. The topological polar surface area (TPSA) is 58.0 Å². The number of anilines is 1. The molecule has 0 fully saturated rings. The zero-order valence-electron chi connectivity index (χ0n) is 11.6. The Balaban J connectivity index is 2.36. The van der Waals surface area contributed by atoms with E-state index in [1.54, 1.807) is 6.20 Å². The number of aryl methyl sites for hydroxylation is 2. The molecule has 4 heteroatoms. The van der Waals surface area contributed by atoms with E-state index in [0.717, 1.165) is 35.5 Å². The van der Waals surface area contributed by atoms with Gasteiger partial charge in [0, 0.05) is 18.3 Å². The Bertz CT molecular complexity index is 558. The van der Waals surface area contributed by atoms with Crippen molar-refractivity contribution in [1.29, 1.82) is 0 Å². The summed E-state index contributed by atoms with van der Waals surface area (Å²) in [6.07, 6.45) is 2.80. The maximum atomic E-state index is 9.80. The molecule has 0 radical (unpaired) electrons. The Kier molecular flexibility index (Phi) is 4.00. The first-order valence-electron chi connectivity index (χ1n) is 6.49. The van der Waals surface area contributed by atoms with Crippen LogP contribution in [0.5, 0.6) is 5.75 Å². The van der Waals surface area contributed by atoms with Gasteiger partial charge in [0.15, 0.2) is 5.82 Å². The van der Waals surface area contributed by atoms with Crippen LogP contribution in [0.1, 0.15) is 24.5 Å². The number of nitrogens with one attached hydrogen (secondary N) is 1. The smallest absolute Gasteiger partial charge is 0.161 e. The molecule has 0 amide bonds. The SMILES string of the molecule is CCCNc1ccnc(-c2cc(C)c(O)c(C)c2)n1. The van der Waals surface area contributed by atoms with Crippen molar-refractivity contribution in [3.63, 3.8) is 0 Å². The lowest BCUT2D eigenvalue weighted by Gasteiger charge is -2.09. The number of aromatic nitrogens is 2. The lowest BCUT2D eigenvalue weighted by molar-refractivity contribution is 0.467. The van der Waals surface area contributed by atoms with Crippen LogP contribution in [-0.2, 0) is 0 Å². The second-order valence-corrected chi connectivity index (χ2v) is 4.65. The van der Waals surface area contributed by atoms with Crippen molar-refractivity contribution in [2.45, 2.75) is 27.2 Å². The van der Waals surface area contributed by atoms with Gasteiger partial charge in [-0.15, -0.1) is 0 Å². The minimum Gasteiger partial charge on any atom is -0.507 e. The first kappa shape index (κ1) is 13.3. The molecular weight excluding hydrogens is 238 g/mol. The average Bonchev–Trinajstić information content (AvgIpc) is 2.42. The molecule has 0 aliphatic heterocycles. The number of hydrogen-bond donors (Lipinski definition) is 2. The van der Waals surface area contributed by atoms with E-state index in [2.05, 4.69) is 22.2 Å². The number of phenolic OH excluding ortho intramolecular Hbond substituents is 1. The molecule has 0 bridgehead atoms. The van der Waals surface area contributed by atoms with Gasteiger partial charge >= 0.3 is 0 Å². The molecule has 0 saturated carbocycles. The molecule has 19 heavy (non-hydrogen) atoms. The summed E-state index contributed by atoms with van der Waals surface area (Å²) in [4.78, 5) is 8.79. The van der Waals surface area contributed by atoms with Crippen molar-refractivity contribution in [2.24, 2.45) is 0 Å². The highest BCUT2D eigenvalue weighted by Gasteiger charge is 2.08. The fourth-order valence-electron chi connectivity index (χ4n) is 1.93. The van der Waals surface area contributed by atoms with Gasteiger partial charge in [-0.2, -0.15) is 0 Å². The van der Waals surface area contributed by atoms with Crippen LogP contribution in [0.3, 0.4) is 0 Å². The number of aromatic hydroxyl groups is 1. The zero-order chi connectivity index (χ0) is 13.8. The summed E-state index contributed by atoms with van der Waals surface area (Å²) < 4.78 is 0. The first-order chi connectivity index (χ1) is 9.11.